The zero-order valence-corrected chi connectivity index (χ0v) is 15.1. The third-order valence-electron chi connectivity index (χ3n) is 3.82. The second-order valence-electron chi connectivity index (χ2n) is 6.88. The Bertz CT molecular complexity index is 719. The lowest BCUT2D eigenvalue weighted by molar-refractivity contribution is -0.152. The number of hydrogen-bond acceptors (Lipinski definition) is 4. The molecule has 0 fully saturated rings. The third-order valence-corrected chi connectivity index (χ3v) is 3.82. The molecule has 0 saturated heterocycles. The van der Waals surface area contributed by atoms with Crippen molar-refractivity contribution in [3.8, 4) is 22.6 Å². The molecule has 0 aliphatic heterocycles. The molecule has 6 heteroatoms. The molecule has 0 aliphatic carbocycles. The van der Waals surface area contributed by atoms with Crippen molar-refractivity contribution in [2.75, 3.05) is 0 Å². The molecule has 0 unspecified atom stereocenters. The minimum absolute atomic E-state index is 0.462. The molecule has 0 amide bonds. The molecule has 0 spiro atoms. The average Bonchev–Trinajstić information content (AvgIpc) is 2.55. The van der Waals surface area contributed by atoms with E-state index in [-0.39, 0.29) is 0 Å². The van der Waals surface area contributed by atoms with E-state index in [0.717, 1.165) is 11.1 Å². The van der Waals surface area contributed by atoms with Crippen LogP contribution in [0.5, 0.6) is 11.5 Å². The summed E-state index contributed by atoms with van der Waals surface area (Å²) in [4.78, 5) is 22.2. The fraction of sp³-hybridized carbons (Fsp3) is 0.300. The van der Waals surface area contributed by atoms with Gasteiger partial charge in [-0.15, -0.1) is 0 Å². The van der Waals surface area contributed by atoms with Gasteiger partial charge in [-0.3, -0.25) is 0 Å². The van der Waals surface area contributed by atoms with Gasteiger partial charge >= 0.3 is 11.9 Å². The number of hydrogen-bond donors (Lipinski definition) is 2. The van der Waals surface area contributed by atoms with Crippen molar-refractivity contribution in [2.45, 2.75) is 38.9 Å². The molecule has 0 saturated carbocycles. The zero-order chi connectivity index (χ0) is 19.5. The van der Waals surface area contributed by atoms with E-state index in [1.807, 2.05) is 24.3 Å². The van der Waals surface area contributed by atoms with Gasteiger partial charge in [0.05, 0.1) is 0 Å². The maximum atomic E-state index is 11.1. The fourth-order valence-electron chi connectivity index (χ4n) is 2.11. The molecule has 0 heterocycles. The molecule has 26 heavy (non-hydrogen) atoms. The number of benzene rings is 2. The van der Waals surface area contributed by atoms with E-state index in [1.54, 1.807) is 24.3 Å². The standard InChI is InChI=1S/C20H22O6/c1-19(2,17(21)22)25-15-9-5-13(6-10-15)14-7-11-16(12-8-14)26-20(3,4)18(23)24/h5-12H,1-4H3,(H,21,22)(H,23,24). The van der Waals surface area contributed by atoms with Crippen LogP contribution in [-0.4, -0.2) is 33.4 Å². The van der Waals surface area contributed by atoms with Gasteiger partial charge in [-0.05, 0) is 63.1 Å². The first kappa shape index (κ1) is 19.3. The Morgan fingerprint density at radius 1 is 0.654 bits per heavy atom. The summed E-state index contributed by atoms with van der Waals surface area (Å²) in [5.41, 5.74) is -0.793. The lowest BCUT2D eigenvalue weighted by Crippen LogP contribution is -2.37. The molecule has 0 radical (unpaired) electrons. The van der Waals surface area contributed by atoms with Gasteiger partial charge in [-0.25, -0.2) is 9.59 Å². The van der Waals surface area contributed by atoms with Crippen molar-refractivity contribution in [1.82, 2.24) is 0 Å². The summed E-state index contributed by atoms with van der Waals surface area (Å²) in [6.45, 7) is 5.95. The van der Waals surface area contributed by atoms with Gasteiger partial charge in [0, 0.05) is 0 Å². The zero-order valence-electron chi connectivity index (χ0n) is 15.1. The van der Waals surface area contributed by atoms with Crippen LogP contribution in [0.15, 0.2) is 48.5 Å². The lowest BCUT2D eigenvalue weighted by Gasteiger charge is -2.22. The molecule has 0 aromatic heterocycles. The van der Waals surface area contributed by atoms with Gasteiger partial charge < -0.3 is 19.7 Å². The van der Waals surface area contributed by atoms with Crippen molar-refractivity contribution in [3.63, 3.8) is 0 Å². The van der Waals surface area contributed by atoms with Crippen LogP contribution < -0.4 is 9.47 Å². The first-order valence-electron chi connectivity index (χ1n) is 8.06. The highest BCUT2D eigenvalue weighted by Crippen LogP contribution is 2.27. The van der Waals surface area contributed by atoms with Crippen molar-refractivity contribution < 1.29 is 29.3 Å². The smallest absolute Gasteiger partial charge is 0.347 e. The summed E-state index contributed by atoms with van der Waals surface area (Å²) < 4.78 is 11.0. The molecule has 6 nitrogen and oxygen atoms in total. The van der Waals surface area contributed by atoms with Gasteiger partial charge in [0.2, 0.25) is 0 Å². The van der Waals surface area contributed by atoms with E-state index >= 15 is 0 Å². The summed E-state index contributed by atoms with van der Waals surface area (Å²) in [5, 5.41) is 18.2. The van der Waals surface area contributed by atoms with Crippen LogP contribution in [0.1, 0.15) is 27.7 Å². The maximum Gasteiger partial charge on any atom is 0.347 e. The van der Waals surface area contributed by atoms with Crippen molar-refractivity contribution >= 4 is 11.9 Å². The average molecular weight is 358 g/mol. The minimum atomic E-state index is -1.31. The van der Waals surface area contributed by atoms with Gasteiger partial charge in [-0.1, -0.05) is 24.3 Å². The quantitative estimate of drug-likeness (QED) is 0.781. The van der Waals surface area contributed by atoms with Crippen LogP contribution in [0, 0.1) is 0 Å². The van der Waals surface area contributed by atoms with Gasteiger partial charge in [0.15, 0.2) is 11.2 Å². The Balaban J connectivity index is 2.12. The van der Waals surface area contributed by atoms with Crippen LogP contribution in [0.3, 0.4) is 0 Å². The van der Waals surface area contributed by atoms with E-state index in [0.29, 0.717) is 11.5 Å². The number of aliphatic carboxylic acids is 2. The molecule has 0 aliphatic rings. The van der Waals surface area contributed by atoms with Gasteiger partial charge in [0.1, 0.15) is 11.5 Å². The number of carboxylic acids is 2. The molecule has 0 atom stereocenters. The highest BCUT2D eigenvalue weighted by molar-refractivity contribution is 5.77. The van der Waals surface area contributed by atoms with Crippen LogP contribution in [0.4, 0.5) is 0 Å². The molecule has 138 valence electrons. The van der Waals surface area contributed by atoms with Crippen LogP contribution in [0.2, 0.25) is 0 Å². The Kier molecular flexibility index (Phi) is 5.25. The highest BCUT2D eigenvalue weighted by Gasteiger charge is 2.30. The van der Waals surface area contributed by atoms with E-state index < -0.39 is 23.1 Å². The SMILES string of the molecule is CC(C)(Oc1ccc(-c2ccc(OC(C)(C)C(=O)O)cc2)cc1)C(=O)O. The predicted octanol–water partition coefficient (Wildman–Crippen LogP) is 3.84. The Labute approximate surface area is 152 Å². The molecule has 2 rings (SSSR count). The summed E-state index contributed by atoms with van der Waals surface area (Å²) in [7, 11) is 0. The molecular formula is C20H22O6. The Hall–Kier alpha value is -3.02. The van der Waals surface area contributed by atoms with E-state index in [2.05, 4.69) is 0 Å². The Morgan fingerprint density at radius 2 is 0.923 bits per heavy atom. The van der Waals surface area contributed by atoms with E-state index in [1.165, 1.54) is 27.7 Å². The van der Waals surface area contributed by atoms with Crippen molar-refractivity contribution in [3.05, 3.63) is 48.5 Å². The van der Waals surface area contributed by atoms with Crippen molar-refractivity contribution in [1.29, 1.82) is 0 Å². The molecule has 2 aromatic rings. The largest absolute Gasteiger partial charge is 0.478 e. The molecular weight excluding hydrogens is 336 g/mol. The second-order valence-corrected chi connectivity index (χ2v) is 6.88. The highest BCUT2D eigenvalue weighted by atomic mass is 16.5. The van der Waals surface area contributed by atoms with Crippen LogP contribution in [-0.2, 0) is 9.59 Å². The number of ether oxygens (including phenoxy) is 2. The first-order valence-corrected chi connectivity index (χ1v) is 8.06. The maximum absolute atomic E-state index is 11.1. The summed E-state index contributed by atoms with van der Waals surface area (Å²) >= 11 is 0. The third kappa shape index (κ3) is 4.53. The van der Waals surface area contributed by atoms with Crippen LogP contribution >= 0.6 is 0 Å². The minimum Gasteiger partial charge on any atom is -0.478 e. The normalized spacial score (nSPS) is 11.7. The van der Waals surface area contributed by atoms with E-state index in [4.69, 9.17) is 19.7 Å². The number of carboxylic acid groups (broad SMARTS) is 2. The van der Waals surface area contributed by atoms with Crippen molar-refractivity contribution in [2.24, 2.45) is 0 Å². The van der Waals surface area contributed by atoms with E-state index in [9.17, 15) is 9.59 Å². The number of rotatable bonds is 7. The second kappa shape index (κ2) is 7.07. The summed E-state index contributed by atoms with van der Waals surface area (Å²) in [6.07, 6.45) is 0. The predicted molar refractivity (Wildman–Crippen MR) is 96.6 cm³/mol. The number of carbonyl (C=O) groups is 2. The van der Waals surface area contributed by atoms with Gasteiger partial charge in [0.25, 0.3) is 0 Å². The monoisotopic (exact) mass is 358 g/mol. The lowest BCUT2D eigenvalue weighted by atomic mass is 10.0. The van der Waals surface area contributed by atoms with Crippen LogP contribution in [0.25, 0.3) is 11.1 Å². The fourth-order valence-corrected chi connectivity index (χ4v) is 2.11. The summed E-state index contributed by atoms with van der Waals surface area (Å²) in [6, 6.07) is 14.1. The first-order chi connectivity index (χ1) is 12.0. The molecule has 0 bridgehead atoms. The Morgan fingerprint density at radius 3 is 1.15 bits per heavy atom. The topological polar surface area (TPSA) is 93.1 Å². The van der Waals surface area contributed by atoms with Gasteiger partial charge in [-0.2, -0.15) is 0 Å². The summed E-state index contributed by atoms with van der Waals surface area (Å²) in [5.74, 6) is -1.16. The molecule has 2 N–H and O–H groups in total. The molecule has 2 aromatic carbocycles.